The van der Waals surface area contributed by atoms with Gasteiger partial charge < -0.3 is 4.74 Å². The van der Waals surface area contributed by atoms with Crippen molar-refractivity contribution < 1.29 is 13.5 Å². The molecule has 0 aromatic rings. The highest BCUT2D eigenvalue weighted by Gasteiger charge is 2.06. The Bertz CT molecular complexity index is 217. The van der Waals surface area contributed by atoms with Gasteiger partial charge in [0.1, 0.15) is 6.61 Å². The number of hydrogen-bond donors (Lipinski definition) is 0. The molecule has 0 aromatic heterocycles. The Labute approximate surface area is 91.2 Å². The van der Waals surface area contributed by atoms with E-state index in [1.165, 1.54) is 0 Å². The molecule has 0 spiro atoms. The largest absolute Gasteiger partial charge is 0.369 e. The van der Waals surface area contributed by atoms with Gasteiger partial charge in [-0.2, -0.15) is 0 Å². The van der Waals surface area contributed by atoms with E-state index in [0.29, 0.717) is 5.71 Å². The Balaban J connectivity index is 3.99. The van der Waals surface area contributed by atoms with Gasteiger partial charge in [0.25, 0.3) is 6.43 Å². The topological polar surface area (TPSA) is 21.6 Å². The highest BCUT2D eigenvalue weighted by molar-refractivity contribution is 9.12. The number of hydrogen-bond acceptors (Lipinski definition) is 2. The Morgan fingerprint density at radius 2 is 2.21 bits per heavy atom. The van der Waals surface area contributed by atoms with Crippen molar-refractivity contribution in [3.63, 3.8) is 0 Å². The van der Waals surface area contributed by atoms with Gasteiger partial charge >= 0.3 is 0 Å². The fourth-order valence-corrected chi connectivity index (χ4v) is 1.40. The van der Waals surface area contributed by atoms with Crippen LogP contribution in [0.5, 0.6) is 0 Å². The first kappa shape index (κ1) is 13.7. The minimum absolute atomic E-state index is 0.109. The SMILES string of the molecule is CC/C=C(/Br)C(COCC(F)F)=NC. The quantitative estimate of drug-likeness (QED) is 0.680. The lowest BCUT2D eigenvalue weighted by atomic mass is 10.3. The van der Waals surface area contributed by atoms with Crippen LogP contribution in [0.15, 0.2) is 15.6 Å². The molecule has 2 nitrogen and oxygen atoms in total. The minimum Gasteiger partial charge on any atom is -0.369 e. The van der Waals surface area contributed by atoms with E-state index in [2.05, 4.69) is 20.9 Å². The van der Waals surface area contributed by atoms with Crippen LogP contribution in [0.2, 0.25) is 0 Å². The van der Waals surface area contributed by atoms with E-state index in [9.17, 15) is 8.78 Å². The van der Waals surface area contributed by atoms with E-state index in [1.807, 2.05) is 13.0 Å². The van der Waals surface area contributed by atoms with Crippen LogP contribution in [-0.2, 0) is 4.74 Å². The molecule has 82 valence electrons. The molecule has 0 N–H and O–H groups in total. The molecule has 0 atom stereocenters. The maximum atomic E-state index is 11.7. The first-order valence-electron chi connectivity index (χ1n) is 4.29. The highest BCUT2D eigenvalue weighted by atomic mass is 79.9. The molecule has 0 aliphatic carbocycles. The maximum Gasteiger partial charge on any atom is 0.261 e. The third-order valence-corrected chi connectivity index (χ3v) is 2.19. The van der Waals surface area contributed by atoms with E-state index < -0.39 is 13.0 Å². The van der Waals surface area contributed by atoms with Crippen LogP contribution in [0, 0.1) is 0 Å². The number of rotatable bonds is 6. The van der Waals surface area contributed by atoms with Crippen LogP contribution < -0.4 is 0 Å². The van der Waals surface area contributed by atoms with Crippen molar-refractivity contribution in [2.24, 2.45) is 4.99 Å². The van der Waals surface area contributed by atoms with Crippen molar-refractivity contribution in [1.29, 1.82) is 0 Å². The number of alkyl halides is 2. The molecule has 0 aliphatic rings. The number of halogens is 3. The van der Waals surface area contributed by atoms with E-state index in [0.717, 1.165) is 10.9 Å². The summed E-state index contributed by atoms with van der Waals surface area (Å²) in [5, 5.41) is 0. The minimum atomic E-state index is -2.43. The molecule has 0 bridgehead atoms. The highest BCUT2D eigenvalue weighted by Crippen LogP contribution is 2.09. The van der Waals surface area contributed by atoms with Crippen molar-refractivity contribution >= 4 is 21.6 Å². The van der Waals surface area contributed by atoms with E-state index >= 15 is 0 Å². The van der Waals surface area contributed by atoms with Crippen molar-refractivity contribution in [2.45, 2.75) is 19.8 Å². The Hall–Kier alpha value is -0.290. The summed E-state index contributed by atoms with van der Waals surface area (Å²) in [4.78, 5) is 3.94. The summed E-state index contributed by atoms with van der Waals surface area (Å²) < 4.78 is 29.1. The number of nitrogens with zero attached hydrogens (tertiary/aromatic N) is 1. The first-order chi connectivity index (χ1) is 6.61. The zero-order valence-electron chi connectivity index (χ0n) is 8.27. The summed E-state index contributed by atoms with van der Waals surface area (Å²) >= 11 is 3.29. The van der Waals surface area contributed by atoms with Gasteiger partial charge in [-0.25, -0.2) is 8.78 Å². The molecule has 0 radical (unpaired) electrons. The zero-order chi connectivity index (χ0) is 11.0. The molecule has 0 fully saturated rings. The molecule has 0 aromatic carbocycles. The third-order valence-electron chi connectivity index (χ3n) is 1.41. The molecule has 0 heterocycles. The van der Waals surface area contributed by atoms with Gasteiger partial charge in [0.2, 0.25) is 0 Å². The van der Waals surface area contributed by atoms with Gasteiger partial charge in [-0.15, -0.1) is 0 Å². The summed E-state index contributed by atoms with van der Waals surface area (Å²) in [5.41, 5.74) is 0.646. The Morgan fingerprint density at radius 3 is 2.64 bits per heavy atom. The average molecular weight is 270 g/mol. The van der Waals surface area contributed by atoms with Crippen molar-refractivity contribution in [1.82, 2.24) is 0 Å². The second-order valence-electron chi connectivity index (χ2n) is 2.54. The molecular formula is C9H14BrF2NO. The van der Waals surface area contributed by atoms with Gasteiger partial charge in [0, 0.05) is 11.5 Å². The van der Waals surface area contributed by atoms with Crippen LogP contribution in [0.4, 0.5) is 8.78 Å². The van der Waals surface area contributed by atoms with Crippen molar-refractivity contribution in [2.75, 3.05) is 20.3 Å². The fraction of sp³-hybridized carbons (Fsp3) is 0.667. The molecule has 0 rings (SSSR count). The summed E-state index contributed by atoms with van der Waals surface area (Å²) in [6, 6.07) is 0. The van der Waals surface area contributed by atoms with E-state index in [1.54, 1.807) is 7.05 Å². The Kier molecular flexibility index (Phi) is 7.89. The summed E-state index contributed by atoms with van der Waals surface area (Å²) in [7, 11) is 1.60. The number of allylic oxidation sites excluding steroid dienone is 1. The molecule has 0 saturated carbocycles. The predicted molar refractivity (Wildman–Crippen MR) is 57.5 cm³/mol. The van der Waals surface area contributed by atoms with Crippen LogP contribution in [-0.4, -0.2) is 32.4 Å². The van der Waals surface area contributed by atoms with Gasteiger partial charge in [-0.1, -0.05) is 13.0 Å². The van der Waals surface area contributed by atoms with Gasteiger partial charge in [-0.05, 0) is 22.4 Å². The molecule has 5 heteroatoms. The smallest absolute Gasteiger partial charge is 0.261 e. The van der Waals surface area contributed by atoms with Crippen LogP contribution >= 0.6 is 15.9 Å². The summed E-state index contributed by atoms with van der Waals surface area (Å²) in [5.74, 6) is 0. The molecular weight excluding hydrogens is 256 g/mol. The van der Waals surface area contributed by atoms with Gasteiger partial charge in [0.05, 0.1) is 12.3 Å². The van der Waals surface area contributed by atoms with E-state index in [4.69, 9.17) is 4.74 Å². The monoisotopic (exact) mass is 269 g/mol. The number of ether oxygens (including phenoxy) is 1. The average Bonchev–Trinajstić information content (AvgIpc) is 2.12. The second-order valence-corrected chi connectivity index (χ2v) is 3.39. The molecule has 0 saturated heterocycles. The predicted octanol–water partition coefficient (Wildman–Crippen LogP) is 3.03. The van der Waals surface area contributed by atoms with Gasteiger partial charge in [-0.3, -0.25) is 4.99 Å². The zero-order valence-corrected chi connectivity index (χ0v) is 9.85. The normalized spacial score (nSPS) is 13.9. The molecule has 0 amide bonds. The second kappa shape index (κ2) is 8.05. The van der Waals surface area contributed by atoms with Crippen LogP contribution in [0.3, 0.4) is 0 Å². The van der Waals surface area contributed by atoms with Crippen LogP contribution in [0.25, 0.3) is 0 Å². The van der Waals surface area contributed by atoms with Crippen molar-refractivity contribution in [3.05, 3.63) is 10.6 Å². The molecule has 14 heavy (non-hydrogen) atoms. The molecule has 0 unspecified atom stereocenters. The lowest BCUT2D eigenvalue weighted by Crippen LogP contribution is -2.13. The maximum absolute atomic E-state index is 11.7. The van der Waals surface area contributed by atoms with Gasteiger partial charge in [0.15, 0.2) is 0 Å². The summed E-state index contributed by atoms with van der Waals surface area (Å²) in [6.07, 6.45) is 0.338. The number of aliphatic imine (C=N–C) groups is 1. The fourth-order valence-electron chi connectivity index (χ4n) is 0.782. The standard InChI is InChI=1S/C9H14BrF2NO/c1-3-4-7(10)8(13-2)5-14-6-9(11)12/h4,9H,3,5-6H2,1-2H3/b7-4+,13-8?. The first-order valence-corrected chi connectivity index (χ1v) is 5.08. The lowest BCUT2D eigenvalue weighted by molar-refractivity contribution is 0.0325. The van der Waals surface area contributed by atoms with Crippen molar-refractivity contribution in [3.8, 4) is 0 Å². The third kappa shape index (κ3) is 6.21. The molecule has 0 aliphatic heterocycles. The lowest BCUT2D eigenvalue weighted by Gasteiger charge is -2.05. The Morgan fingerprint density at radius 1 is 1.57 bits per heavy atom. The summed E-state index contributed by atoms with van der Waals surface area (Å²) in [6.45, 7) is 1.54. The van der Waals surface area contributed by atoms with Crippen LogP contribution in [0.1, 0.15) is 13.3 Å². The van der Waals surface area contributed by atoms with E-state index in [-0.39, 0.29) is 6.61 Å².